The van der Waals surface area contributed by atoms with Crippen LogP contribution in [0.2, 0.25) is 0 Å². The first kappa shape index (κ1) is 17.9. The third-order valence-electron chi connectivity index (χ3n) is 3.26. The van der Waals surface area contributed by atoms with Crippen LogP contribution in [0.1, 0.15) is 6.92 Å². The molecule has 0 saturated carbocycles. The monoisotopic (exact) mass is 354 g/mol. The molecule has 0 aliphatic carbocycles. The van der Waals surface area contributed by atoms with Crippen LogP contribution in [-0.2, 0) is 14.8 Å². The van der Waals surface area contributed by atoms with E-state index in [2.05, 4.69) is 5.32 Å². The number of anilines is 2. The van der Waals surface area contributed by atoms with Crippen molar-refractivity contribution in [2.45, 2.75) is 13.0 Å². The highest BCUT2D eigenvalue weighted by Gasteiger charge is 2.29. The lowest BCUT2D eigenvalue weighted by Crippen LogP contribution is -2.45. The summed E-state index contributed by atoms with van der Waals surface area (Å²) in [6.45, 7) is 1.39. The van der Waals surface area contributed by atoms with E-state index in [-0.39, 0.29) is 11.4 Å². The highest BCUT2D eigenvalue weighted by Crippen LogP contribution is 2.22. The van der Waals surface area contributed by atoms with E-state index in [1.807, 2.05) is 0 Å². The number of benzene rings is 2. The summed E-state index contributed by atoms with van der Waals surface area (Å²) in [5, 5.41) is 2.46. The normalized spacial score (nSPS) is 12.5. The molecule has 0 heterocycles. The maximum Gasteiger partial charge on any atom is 0.247 e. The summed E-state index contributed by atoms with van der Waals surface area (Å²) in [6, 6.07) is 8.86. The lowest BCUT2D eigenvalue weighted by molar-refractivity contribution is -0.116. The number of carbonyl (C=O) groups excluding carboxylic acids is 1. The van der Waals surface area contributed by atoms with Gasteiger partial charge in [0.15, 0.2) is 0 Å². The van der Waals surface area contributed by atoms with Crippen LogP contribution < -0.4 is 9.62 Å². The molecule has 5 nitrogen and oxygen atoms in total. The number of hydrogen-bond acceptors (Lipinski definition) is 3. The van der Waals surface area contributed by atoms with Gasteiger partial charge < -0.3 is 5.32 Å². The van der Waals surface area contributed by atoms with Crippen molar-refractivity contribution >= 4 is 27.3 Å². The van der Waals surface area contributed by atoms with Crippen molar-refractivity contribution in [2.75, 3.05) is 15.9 Å². The second kappa shape index (κ2) is 6.96. The molecule has 128 valence electrons. The van der Waals surface area contributed by atoms with E-state index in [1.165, 1.54) is 37.3 Å². The number of amides is 1. The smallest absolute Gasteiger partial charge is 0.247 e. The first-order chi connectivity index (χ1) is 11.2. The predicted octanol–water partition coefficient (Wildman–Crippen LogP) is 2.76. The second-order valence-electron chi connectivity index (χ2n) is 5.21. The minimum atomic E-state index is -3.80. The third-order valence-corrected chi connectivity index (χ3v) is 4.50. The highest BCUT2D eigenvalue weighted by atomic mass is 32.2. The zero-order valence-corrected chi connectivity index (χ0v) is 13.8. The summed E-state index contributed by atoms with van der Waals surface area (Å²) in [5.41, 5.74) is 0.361. The van der Waals surface area contributed by atoms with Gasteiger partial charge in [0.05, 0.1) is 11.9 Å². The van der Waals surface area contributed by atoms with Crippen molar-refractivity contribution in [3.63, 3.8) is 0 Å². The zero-order valence-electron chi connectivity index (χ0n) is 13.0. The molecule has 2 aromatic rings. The Bertz CT molecular complexity index is 839. The molecule has 1 atom stereocenters. The van der Waals surface area contributed by atoms with Gasteiger partial charge in [-0.15, -0.1) is 0 Å². The number of nitrogens with zero attached hydrogens (tertiary/aromatic N) is 1. The molecule has 0 unspecified atom stereocenters. The van der Waals surface area contributed by atoms with Crippen molar-refractivity contribution in [1.82, 2.24) is 0 Å². The van der Waals surface area contributed by atoms with Gasteiger partial charge in [0.2, 0.25) is 15.9 Å². The molecule has 24 heavy (non-hydrogen) atoms. The van der Waals surface area contributed by atoms with Crippen LogP contribution in [0.5, 0.6) is 0 Å². The fourth-order valence-corrected chi connectivity index (χ4v) is 3.38. The van der Waals surface area contributed by atoms with Crippen LogP contribution in [0, 0.1) is 11.6 Å². The molecule has 1 N–H and O–H groups in total. The number of sulfonamides is 1. The number of hydrogen-bond donors (Lipinski definition) is 1. The minimum absolute atomic E-state index is 0.154. The molecule has 8 heteroatoms. The molecule has 0 aliphatic heterocycles. The Morgan fingerprint density at radius 1 is 1.08 bits per heavy atom. The Hall–Kier alpha value is -2.48. The van der Waals surface area contributed by atoms with Crippen molar-refractivity contribution in [2.24, 2.45) is 0 Å². The fraction of sp³-hybridized carbons (Fsp3) is 0.188. The summed E-state index contributed by atoms with van der Waals surface area (Å²) in [6.07, 6.45) is 0.947. The largest absolute Gasteiger partial charge is 0.324 e. The van der Waals surface area contributed by atoms with Crippen molar-refractivity contribution in [1.29, 1.82) is 0 Å². The summed E-state index contributed by atoms with van der Waals surface area (Å²) in [4.78, 5) is 12.3. The van der Waals surface area contributed by atoms with Gasteiger partial charge in [-0.25, -0.2) is 17.2 Å². The van der Waals surface area contributed by atoms with E-state index < -0.39 is 33.6 Å². The van der Waals surface area contributed by atoms with Crippen LogP contribution in [-0.4, -0.2) is 26.6 Å². The first-order valence-corrected chi connectivity index (χ1v) is 8.85. The van der Waals surface area contributed by atoms with Gasteiger partial charge in [-0.3, -0.25) is 9.10 Å². The SMILES string of the molecule is C[C@H](C(=O)Nc1cccc(F)c1)N(c1ccc(F)cc1)S(C)(=O)=O. The fourth-order valence-electron chi connectivity index (χ4n) is 2.21. The molecule has 0 spiro atoms. The Labute approximate surface area is 139 Å². The first-order valence-electron chi connectivity index (χ1n) is 7.00. The second-order valence-corrected chi connectivity index (χ2v) is 7.07. The van der Waals surface area contributed by atoms with Crippen molar-refractivity contribution in [3.8, 4) is 0 Å². The summed E-state index contributed by atoms with van der Waals surface area (Å²) in [5.74, 6) is -1.70. The van der Waals surface area contributed by atoms with E-state index in [0.29, 0.717) is 0 Å². The van der Waals surface area contributed by atoms with Gasteiger partial charge in [-0.2, -0.15) is 0 Å². The Morgan fingerprint density at radius 3 is 2.25 bits per heavy atom. The van der Waals surface area contributed by atoms with Crippen molar-refractivity contribution < 1.29 is 22.0 Å². The predicted molar refractivity (Wildman–Crippen MR) is 88.2 cm³/mol. The van der Waals surface area contributed by atoms with Crippen LogP contribution >= 0.6 is 0 Å². The lowest BCUT2D eigenvalue weighted by atomic mass is 10.2. The molecular weight excluding hydrogens is 338 g/mol. The number of rotatable bonds is 5. The van der Waals surface area contributed by atoms with E-state index in [9.17, 15) is 22.0 Å². The van der Waals surface area contributed by atoms with E-state index >= 15 is 0 Å². The standard InChI is InChI=1S/C16H16F2N2O3S/c1-11(16(21)19-14-5-3-4-13(18)10-14)20(24(2,22)23)15-8-6-12(17)7-9-15/h3-11H,1-2H3,(H,19,21)/t11-/m1/s1. The highest BCUT2D eigenvalue weighted by molar-refractivity contribution is 7.92. The molecule has 0 radical (unpaired) electrons. The average Bonchev–Trinajstić information content (AvgIpc) is 2.48. The van der Waals surface area contributed by atoms with Gasteiger partial charge in [0.25, 0.3) is 0 Å². The van der Waals surface area contributed by atoms with Gasteiger partial charge >= 0.3 is 0 Å². The van der Waals surface area contributed by atoms with Crippen LogP contribution in [0.25, 0.3) is 0 Å². The molecule has 1 amide bonds. The minimum Gasteiger partial charge on any atom is -0.324 e. The van der Waals surface area contributed by atoms with E-state index in [4.69, 9.17) is 0 Å². The average molecular weight is 354 g/mol. The third kappa shape index (κ3) is 4.29. The van der Waals surface area contributed by atoms with E-state index in [0.717, 1.165) is 28.8 Å². The summed E-state index contributed by atoms with van der Waals surface area (Å²) in [7, 11) is -3.80. The lowest BCUT2D eigenvalue weighted by Gasteiger charge is -2.28. The summed E-state index contributed by atoms with van der Waals surface area (Å²) >= 11 is 0. The topological polar surface area (TPSA) is 66.5 Å². The number of halogens is 2. The molecule has 0 fully saturated rings. The van der Waals surface area contributed by atoms with E-state index in [1.54, 1.807) is 0 Å². The maximum atomic E-state index is 13.2. The van der Waals surface area contributed by atoms with Crippen molar-refractivity contribution in [3.05, 3.63) is 60.2 Å². The quantitative estimate of drug-likeness (QED) is 0.898. The number of nitrogens with one attached hydrogen (secondary N) is 1. The Kier molecular flexibility index (Phi) is 5.18. The molecule has 0 aromatic heterocycles. The zero-order chi connectivity index (χ0) is 17.9. The van der Waals surface area contributed by atoms with Gasteiger partial charge in [-0.1, -0.05) is 6.07 Å². The molecule has 0 saturated heterocycles. The molecule has 2 rings (SSSR count). The van der Waals surface area contributed by atoms with Crippen LogP contribution in [0.4, 0.5) is 20.2 Å². The van der Waals surface area contributed by atoms with Gasteiger partial charge in [0.1, 0.15) is 17.7 Å². The molecule has 0 bridgehead atoms. The maximum absolute atomic E-state index is 13.2. The van der Waals surface area contributed by atoms with Crippen LogP contribution in [0.15, 0.2) is 48.5 Å². The Balaban J connectivity index is 2.29. The van der Waals surface area contributed by atoms with Crippen LogP contribution in [0.3, 0.4) is 0 Å². The van der Waals surface area contributed by atoms with Gasteiger partial charge in [-0.05, 0) is 49.4 Å². The number of carbonyl (C=O) groups is 1. The molecular formula is C16H16F2N2O3S. The molecule has 2 aromatic carbocycles. The molecule has 0 aliphatic rings. The summed E-state index contributed by atoms with van der Waals surface area (Å²) < 4.78 is 51.2. The Morgan fingerprint density at radius 2 is 1.71 bits per heavy atom. The van der Waals surface area contributed by atoms with Gasteiger partial charge in [0, 0.05) is 5.69 Å².